The second-order valence-electron chi connectivity index (χ2n) is 10.4. The first-order valence-electron chi connectivity index (χ1n) is 13.3. The van der Waals surface area contributed by atoms with E-state index in [4.69, 9.17) is 5.10 Å². The molecule has 11 heteroatoms. The third-order valence-corrected chi connectivity index (χ3v) is 8.46. The summed E-state index contributed by atoms with van der Waals surface area (Å²) in [7, 11) is 0. The molecule has 0 spiro atoms. The van der Waals surface area contributed by atoms with Gasteiger partial charge in [0.05, 0.1) is 24.3 Å². The zero-order valence-electron chi connectivity index (χ0n) is 22.0. The van der Waals surface area contributed by atoms with Gasteiger partial charge in [0.1, 0.15) is 23.6 Å². The van der Waals surface area contributed by atoms with Gasteiger partial charge in [0.25, 0.3) is 0 Å². The number of nitrogens with zero attached hydrogens (tertiary/aromatic N) is 5. The van der Waals surface area contributed by atoms with E-state index in [-0.39, 0.29) is 30.9 Å². The topological polar surface area (TPSA) is 86.0 Å². The molecule has 0 saturated carbocycles. The Morgan fingerprint density at radius 2 is 2.05 bits per heavy atom. The maximum atomic E-state index is 14.8. The van der Waals surface area contributed by atoms with Crippen molar-refractivity contribution in [1.29, 1.82) is 0 Å². The fraction of sp³-hybridized carbons (Fsp3) is 0.345. The molecule has 2 N–H and O–H groups in total. The second kappa shape index (κ2) is 11.1. The number of rotatable bonds is 8. The minimum absolute atomic E-state index is 0.166. The lowest BCUT2D eigenvalue weighted by Crippen LogP contribution is -2.27. The summed E-state index contributed by atoms with van der Waals surface area (Å²) in [5, 5.41) is 17.7. The molecule has 2 aromatic carbocycles. The molecule has 208 valence electrons. The molecule has 0 radical (unpaired) electrons. The minimum Gasteiger partial charge on any atom is -0.478 e. The van der Waals surface area contributed by atoms with E-state index in [2.05, 4.69) is 15.2 Å². The van der Waals surface area contributed by atoms with Gasteiger partial charge in [0.15, 0.2) is 5.65 Å². The predicted octanol–water partition coefficient (Wildman–Crippen LogP) is 5.26. The number of anilines is 2. The number of aromatic nitrogens is 3. The van der Waals surface area contributed by atoms with Crippen molar-refractivity contribution >= 4 is 35.0 Å². The summed E-state index contributed by atoms with van der Waals surface area (Å²) in [6.45, 7) is 2.53. The Bertz CT molecular complexity index is 1550. The van der Waals surface area contributed by atoms with E-state index in [0.717, 1.165) is 41.4 Å². The fourth-order valence-corrected chi connectivity index (χ4v) is 6.41. The molecule has 2 fully saturated rings. The third-order valence-electron chi connectivity index (χ3n) is 7.65. The van der Waals surface area contributed by atoms with E-state index in [0.29, 0.717) is 23.6 Å². The van der Waals surface area contributed by atoms with Crippen LogP contribution < -0.4 is 10.2 Å². The molecule has 4 heterocycles. The SMILES string of the molecule is CSc1ccc(F)cc1C1CC(F)CN1c1ccc2ncc(NC3CCN(Cc4cccc(C(=O)O)c4)C3)n2n1. The Kier molecular flexibility index (Phi) is 7.33. The zero-order chi connectivity index (χ0) is 27.8. The van der Waals surface area contributed by atoms with Crippen LogP contribution in [0.4, 0.5) is 20.4 Å². The van der Waals surface area contributed by atoms with E-state index < -0.39 is 12.1 Å². The summed E-state index contributed by atoms with van der Waals surface area (Å²) in [6.07, 6.45) is 3.84. The van der Waals surface area contributed by atoms with Crippen LogP contribution in [0.25, 0.3) is 5.65 Å². The summed E-state index contributed by atoms with van der Waals surface area (Å²) in [5.41, 5.74) is 2.71. The van der Waals surface area contributed by atoms with Gasteiger partial charge in [-0.1, -0.05) is 12.1 Å². The number of imidazole rings is 1. The minimum atomic E-state index is -1.04. The molecular formula is C29H30F2N6O2S. The van der Waals surface area contributed by atoms with E-state index >= 15 is 0 Å². The molecule has 6 rings (SSSR count). The van der Waals surface area contributed by atoms with Crippen molar-refractivity contribution in [2.75, 3.05) is 36.1 Å². The van der Waals surface area contributed by atoms with Gasteiger partial charge < -0.3 is 15.3 Å². The Morgan fingerprint density at radius 1 is 1.18 bits per heavy atom. The Morgan fingerprint density at radius 3 is 2.88 bits per heavy atom. The highest BCUT2D eigenvalue weighted by Gasteiger charge is 2.36. The number of halogens is 2. The second-order valence-corrected chi connectivity index (χ2v) is 11.2. The fourth-order valence-electron chi connectivity index (χ4n) is 5.78. The Balaban J connectivity index is 1.19. The Labute approximate surface area is 235 Å². The number of carbonyl (C=O) groups is 1. The van der Waals surface area contributed by atoms with Crippen LogP contribution in [0.15, 0.2) is 65.7 Å². The van der Waals surface area contributed by atoms with Gasteiger partial charge in [-0.2, -0.15) is 4.52 Å². The summed E-state index contributed by atoms with van der Waals surface area (Å²) < 4.78 is 30.7. The molecule has 3 atom stereocenters. The average molecular weight is 565 g/mol. The highest BCUT2D eigenvalue weighted by Crippen LogP contribution is 2.40. The van der Waals surface area contributed by atoms with E-state index in [9.17, 15) is 18.7 Å². The molecule has 2 saturated heterocycles. The molecule has 2 aliphatic rings. The van der Waals surface area contributed by atoms with E-state index in [1.165, 1.54) is 23.9 Å². The number of thioether (sulfide) groups is 1. The number of fused-ring (bicyclic) bond motifs is 1. The lowest BCUT2D eigenvalue weighted by atomic mass is 10.0. The van der Waals surface area contributed by atoms with Crippen LogP contribution in [0, 0.1) is 5.82 Å². The molecule has 2 aliphatic heterocycles. The van der Waals surface area contributed by atoms with Gasteiger partial charge >= 0.3 is 5.97 Å². The summed E-state index contributed by atoms with van der Waals surface area (Å²) in [5.74, 6) is 0.103. The van der Waals surface area contributed by atoms with Crippen molar-refractivity contribution in [1.82, 2.24) is 19.5 Å². The van der Waals surface area contributed by atoms with Gasteiger partial charge in [-0.25, -0.2) is 18.6 Å². The van der Waals surface area contributed by atoms with Crippen LogP contribution >= 0.6 is 11.8 Å². The third kappa shape index (κ3) is 5.35. The van der Waals surface area contributed by atoms with Gasteiger partial charge in [0, 0.05) is 37.0 Å². The molecular weight excluding hydrogens is 534 g/mol. The standard InChI is InChI=1S/C29H30F2N6O2S/c1-40-25-6-5-20(30)12-23(25)24-13-21(31)16-36(24)27-8-7-26-32-14-28(37(26)34-27)33-22-9-10-35(17-22)15-18-3-2-4-19(11-18)29(38)39/h2-8,11-12,14,21-22,24,33H,9-10,13,15-17H2,1H3,(H,38,39). The monoisotopic (exact) mass is 564 g/mol. The van der Waals surface area contributed by atoms with Crippen molar-refractivity contribution in [2.24, 2.45) is 0 Å². The Hall–Kier alpha value is -3.70. The number of likely N-dealkylation sites (tertiary alicyclic amines) is 1. The number of alkyl halides is 1. The average Bonchev–Trinajstić information content (AvgIpc) is 3.67. The first kappa shape index (κ1) is 26.5. The largest absolute Gasteiger partial charge is 0.478 e. The van der Waals surface area contributed by atoms with Crippen molar-refractivity contribution < 1.29 is 18.7 Å². The van der Waals surface area contributed by atoms with E-state index in [1.807, 2.05) is 29.4 Å². The molecule has 4 aromatic rings. The van der Waals surface area contributed by atoms with Crippen LogP contribution in [-0.4, -0.2) is 68.7 Å². The van der Waals surface area contributed by atoms with Gasteiger partial charge in [-0.15, -0.1) is 16.9 Å². The van der Waals surface area contributed by atoms with Gasteiger partial charge in [0.2, 0.25) is 0 Å². The number of hydrogen-bond acceptors (Lipinski definition) is 7. The number of carboxylic acid groups (broad SMARTS) is 1. The first-order valence-corrected chi connectivity index (χ1v) is 14.5. The van der Waals surface area contributed by atoms with Crippen molar-refractivity contribution in [3.63, 3.8) is 0 Å². The normalized spacial score (nSPS) is 21.4. The smallest absolute Gasteiger partial charge is 0.335 e. The van der Waals surface area contributed by atoms with Gasteiger partial charge in [-0.05, 0) is 66.3 Å². The van der Waals surface area contributed by atoms with Crippen LogP contribution in [0.2, 0.25) is 0 Å². The van der Waals surface area contributed by atoms with E-state index in [1.54, 1.807) is 35.0 Å². The summed E-state index contributed by atoms with van der Waals surface area (Å²) >= 11 is 1.52. The molecule has 0 aliphatic carbocycles. The lowest BCUT2D eigenvalue weighted by molar-refractivity contribution is 0.0696. The zero-order valence-corrected chi connectivity index (χ0v) is 22.8. The highest BCUT2D eigenvalue weighted by atomic mass is 32.2. The number of carboxylic acids is 1. The number of nitrogens with one attached hydrogen (secondary N) is 1. The molecule has 0 bridgehead atoms. The predicted molar refractivity (Wildman–Crippen MR) is 151 cm³/mol. The maximum Gasteiger partial charge on any atom is 0.335 e. The van der Waals surface area contributed by atoms with Crippen molar-refractivity contribution in [2.45, 2.75) is 42.5 Å². The van der Waals surface area contributed by atoms with Crippen molar-refractivity contribution in [3.05, 3.63) is 83.3 Å². The molecule has 8 nitrogen and oxygen atoms in total. The van der Waals surface area contributed by atoms with Crippen LogP contribution in [0.5, 0.6) is 0 Å². The van der Waals surface area contributed by atoms with Gasteiger partial charge in [-0.3, -0.25) is 4.90 Å². The summed E-state index contributed by atoms with van der Waals surface area (Å²) in [4.78, 5) is 20.9. The van der Waals surface area contributed by atoms with Crippen molar-refractivity contribution in [3.8, 4) is 0 Å². The molecule has 40 heavy (non-hydrogen) atoms. The molecule has 0 amide bonds. The van der Waals surface area contributed by atoms with Crippen LogP contribution in [-0.2, 0) is 6.54 Å². The highest BCUT2D eigenvalue weighted by molar-refractivity contribution is 7.98. The molecule has 3 unspecified atom stereocenters. The molecule has 2 aromatic heterocycles. The summed E-state index contributed by atoms with van der Waals surface area (Å²) in [6, 6.07) is 15.3. The quantitative estimate of drug-likeness (QED) is 0.280. The number of hydrogen-bond donors (Lipinski definition) is 2. The number of aromatic carboxylic acids is 1. The number of benzene rings is 2. The first-order chi connectivity index (χ1) is 19.4. The lowest BCUT2D eigenvalue weighted by Gasteiger charge is -2.27. The van der Waals surface area contributed by atoms with Crippen LogP contribution in [0.1, 0.15) is 40.4 Å². The van der Waals surface area contributed by atoms with Crippen LogP contribution in [0.3, 0.4) is 0 Å². The maximum absolute atomic E-state index is 14.8.